The first-order valence-corrected chi connectivity index (χ1v) is 11.0. The molecule has 3 rings (SSSR count). The lowest BCUT2D eigenvalue weighted by Crippen LogP contribution is -2.21. The lowest BCUT2D eigenvalue weighted by molar-refractivity contribution is -0.119. The van der Waals surface area contributed by atoms with Crippen molar-refractivity contribution in [3.8, 4) is 0 Å². The van der Waals surface area contributed by atoms with Crippen molar-refractivity contribution in [2.45, 2.75) is 12.7 Å². The van der Waals surface area contributed by atoms with E-state index in [1.54, 1.807) is 47.8 Å². The molecule has 0 saturated carbocycles. The molecule has 1 heterocycles. The fourth-order valence-corrected chi connectivity index (χ4v) is 4.66. The normalized spacial score (nSPS) is 13.1. The second-order valence-corrected chi connectivity index (χ2v) is 8.74. The zero-order chi connectivity index (χ0) is 19.9. The van der Waals surface area contributed by atoms with Crippen LogP contribution in [-0.4, -0.2) is 35.2 Å². The van der Waals surface area contributed by atoms with Gasteiger partial charge in [-0.2, -0.15) is 0 Å². The van der Waals surface area contributed by atoms with Crippen molar-refractivity contribution in [1.29, 1.82) is 0 Å². The van der Waals surface area contributed by atoms with Gasteiger partial charge in [-0.15, -0.1) is 0 Å². The first kappa shape index (κ1) is 20.8. The molecule has 0 spiro atoms. The fraction of sp³-hybridized carbons (Fsp3) is 0.250. The Labute approximate surface area is 177 Å². The number of anilines is 1. The molecule has 0 atom stereocenters. The number of carbonyl (C=O) groups is 2. The van der Waals surface area contributed by atoms with Gasteiger partial charge in [0.2, 0.25) is 0 Å². The zero-order valence-corrected chi connectivity index (χ0v) is 17.6. The molecule has 146 valence electrons. The zero-order valence-electron chi connectivity index (χ0n) is 15.2. The average Bonchev–Trinajstić information content (AvgIpc) is 3.21. The molecule has 28 heavy (non-hydrogen) atoms. The Bertz CT molecular complexity index is 918. The molecule has 0 radical (unpaired) electrons. The third-order valence-electron chi connectivity index (χ3n) is 3.94. The Balaban J connectivity index is 1.55. The molecule has 1 N–H and O–H groups in total. The van der Waals surface area contributed by atoms with Gasteiger partial charge in [0.25, 0.3) is 5.91 Å². The molecule has 0 aliphatic carbocycles. The van der Waals surface area contributed by atoms with Crippen LogP contribution in [-0.2, 0) is 15.3 Å². The summed E-state index contributed by atoms with van der Waals surface area (Å²) in [7, 11) is 0. The molecule has 0 fully saturated rings. The van der Waals surface area contributed by atoms with Gasteiger partial charge in [0.05, 0.1) is 12.1 Å². The van der Waals surface area contributed by atoms with Crippen LogP contribution in [0.2, 0.25) is 5.02 Å². The molecule has 0 unspecified atom stereocenters. The number of halogens is 1. The monoisotopic (exact) mass is 434 g/mol. The van der Waals surface area contributed by atoms with Crippen molar-refractivity contribution in [3.63, 3.8) is 0 Å². The van der Waals surface area contributed by atoms with Gasteiger partial charge in [0.1, 0.15) is 4.38 Å². The standard InChI is InChI=1S/C20H19ClN2O3S2/c1-13-6-7-15(10-17(13)21)23-18(24)11-26-19(25)16-5-3-2-4-14(16)12-28-20-22-8-9-27-20/h2-7,10H,8-9,11-12H2,1H3,(H,23,24). The number of ether oxygens (including phenoxy) is 1. The topological polar surface area (TPSA) is 67.8 Å². The highest BCUT2D eigenvalue weighted by Gasteiger charge is 2.16. The van der Waals surface area contributed by atoms with Crippen LogP contribution in [0, 0.1) is 6.92 Å². The average molecular weight is 435 g/mol. The van der Waals surface area contributed by atoms with Crippen LogP contribution in [0.4, 0.5) is 5.69 Å². The summed E-state index contributed by atoms with van der Waals surface area (Å²) in [4.78, 5) is 28.9. The minimum absolute atomic E-state index is 0.367. The van der Waals surface area contributed by atoms with E-state index in [1.165, 1.54) is 0 Å². The number of nitrogens with one attached hydrogen (secondary N) is 1. The van der Waals surface area contributed by atoms with Gasteiger partial charge in [0, 0.05) is 22.2 Å². The minimum Gasteiger partial charge on any atom is -0.452 e. The number of hydrogen-bond acceptors (Lipinski definition) is 6. The highest BCUT2D eigenvalue weighted by Crippen LogP contribution is 2.26. The van der Waals surface area contributed by atoms with Gasteiger partial charge in [-0.05, 0) is 36.2 Å². The van der Waals surface area contributed by atoms with E-state index in [9.17, 15) is 9.59 Å². The first-order valence-electron chi connectivity index (χ1n) is 8.64. The van der Waals surface area contributed by atoms with E-state index in [4.69, 9.17) is 16.3 Å². The molecule has 8 heteroatoms. The molecule has 5 nitrogen and oxygen atoms in total. The quantitative estimate of drug-likeness (QED) is 0.662. The molecule has 1 aliphatic rings. The summed E-state index contributed by atoms with van der Waals surface area (Å²) >= 11 is 9.39. The van der Waals surface area contributed by atoms with Crippen LogP contribution in [0.1, 0.15) is 21.5 Å². The SMILES string of the molecule is Cc1ccc(NC(=O)COC(=O)c2ccccc2CSC2=NCCS2)cc1Cl. The summed E-state index contributed by atoms with van der Waals surface area (Å²) in [6.07, 6.45) is 0. The van der Waals surface area contributed by atoms with Gasteiger partial charge in [-0.25, -0.2) is 4.79 Å². The van der Waals surface area contributed by atoms with Crippen molar-refractivity contribution in [2.24, 2.45) is 4.99 Å². The second kappa shape index (κ2) is 10.0. The largest absolute Gasteiger partial charge is 0.452 e. The summed E-state index contributed by atoms with van der Waals surface area (Å²) in [5.74, 6) is 0.699. The fourth-order valence-electron chi connectivity index (χ4n) is 2.46. The summed E-state index contributed by atoms with van der Waals surface area (Å²) in [5, 5.41) is 3.23. The summed E-state index contributed by atoms with van der Waals surface area (Å²) < 4.78 is 6.24. The Morgan fingerprint density at radius 1 is 1.29 bits per heavy atom. The second-order valence-electron chi connectivity index (χ2n) is 6.03. The van der Waals surface area contributed by atoms with E-state index in [1.807, 2.05) is 25.1 Å². The number of hydrogen-bond donors (Lipinski definition) is 1. The Kier molecular flexibility index (Phi) is 7.42. The van der Waals surface area contributed by atoms with Crippen LogP contribution in [0.5, 0.6) is 0 Å². The van der Waals surface area contributed by atoms with E-state index >= 15 is 0 Å². The number of nitrogens with zero attached hydrogens (tertiary/aromatic N) is 1. The lowest BCUT2D eigenvalue weighted by Gasteiger charge is -2.10. The minimum atomic E-state index is -0.519. The van der Waals surface area contributed by atoms with Gasteiger partial charge in [0.15, 0.2) is 6.61 Å². The third kappa shape index (κ3) is 5.77. The maximum absolute atomic E-state index is 12.4. The first-order chi connectivity index (χ1) is 13.5. The maximum Gasteiger partial charge on any atom is 0.338 e. The number of esters is 1. The van der Waals surface area contributed by atoms with Crippen molar-refractivity contribution < 1.29 is 14.3 Å². The lowest BCUT2D eigenvalue weighted by atomic mass is 10.1. The van der Waals surface area contributed by atoms with E-state index in [0.29, 0.717) is 22.0 Å². The third-order valence-corrected chi connectivity index (χ3v) is 6.64. The Morgan fingerprint density at radius 3 is 2.86 bits per heavy atom. The highest BCUT2D eigenvalue weighted by atomic mass is 35.5. The van der Waals surface area contributed by atoms with Gasteiger partial charge >= 0.3 is 5.97 Å². The molecule has 1 aliphatic heterocycles. The maximum atomic E-state index is 12.4. The van der Waals surface area contributed by atoms with Crippen molar-refractivity contribution in [3.05, 3.63) is 64.2 Å². The molecule has 2 aromatic carbocycles. The molecule has 1 amide bonds. The smallest absolute Gasteiger partial charge is 0.338 e. The molecule has 0 aromatic heterocycles. The van der Waals surface area contributed by atoms with Gasteiger partial charge in [-0.3, -0.25) is 9.79 Å². The predicted octanol–water partition coefficient (Wildman–Crippen LogP) is 4.78. The molecular formula is C20H19ClN2O3S2. The van der Waals surface area contributed by atoms with Crippen LogP contribution < -0.4 is 5.32 Å². The molecule has 2 aromatic rings. The predicted molar refractivity (Wildman–Crippen MR) is 118 cm³/mol. The van der Waals surface area contributed by atoms with E-state index in [0.717, 1.165) is 27.8 Å². The number of amides is 1. The van der Waals surface area contributed by atoms with E-state index in [-0.39, 0.29) is 6.61 Å². The van der Waals surface area contributed by atoms with Crippen molar-refractivity contribution >= 4 is 57.1 Å². The summed E-state index contributed by atoms with van der Waals surface area (Å²) in [5.41, 5.74) is 2.80. The number of benzene rings is 2. The summed E-state index contributed by atoms with van der Waals surface area (Å²) in [6.45, 7) is 2.36. The van der Waals surface area contributed by atoms with Crippen molar-refractivity contribution in [2.75, 3.05) is 24.2 Å². The number of thioether (sulfide) groups is 2. The van der Waals surface area contributed by atoms with Crippen LogP contribution in [0.25, 0.3) is 0 Å². The van der Waals surface area contributed by atoms with Gasteiger partial charge < -0.3 is 10.1 Å². The molecular weight excluding hydrogens is 416 g/mol. The Morgan fingerprint density at radius 2 is 2.11 bits per heavy atom. The highest BCUT2D eigenvalue weighted by molar-refractivity contribution is 8.38. The van der Waals surface area contributed by atoms with Crippen LogP contribution in [0.3, 0.4) is 0 Å². The van der Waals surface area contributed by atoms with E-state index in [2.05, 4.69) is 10.3 Å². The van der Waals surface area contributed by atoms with Crippen LogP contribution in [0.15, 0.2) is 47.5 Å². The Hall–Kier alpha value is -1.96. The number of carbonyl (C=O) groups excluding carboxylic acids is 2. The number of aryl methyl sites for hydroxylation is 1. The van der Waals surface area contributed by atoms with Crippen LogP contribution >= 0.6 is 35.1 Å². The van der Waals surface area contributed by atoms with E-state index < -0.39 is 11.9 Å². The van der Waals surface area contributed by atoms with Gasteiger partial charge in [-0.1, -0.05) is 59.4 Å². The number of rotatable bonds is 6. The molecule has 0 bridgehead atoms. The number of aliphatic imine (C=N–C) groups is 1. The molecule has 0 saturated heterocycles. The van der Waals surface area contributed by atoms with Crippen molar-refractivity contribution in [1.82, 2.24) is 0 Å². The summed E-state index contributed by atoms with van der Waals surface area (Å²) in [6, 6.07) is 12.5.